The second-order valence-corrected chi connectivity index (χ2v) is 9.57. The Hall–Kier alpha value is -3.00. The summed E-state index contributed by atoms with van der Waals surface area (Å²) >= 11 is 0. The van der Waals surface area contributed by atoms with E-state index in [4.69, 9.17) is 9.72 Å². The van der Waals surface area contributed by atoms with Gasteiger partial charge in [-0.1, -0.05) is 6.92 Å². The maximum Gasteiger partial charge on any atom is 0.333 e. The van der Waals surface area contributed by atoms with E-state index in [1.807, 2.05) is 13.8 Å². The van der Waals surface area contributed by atoms with E-state index in [-0.39, 0.29) is 11.5 Å². The average Bonchev–Trinajstić information content (AvgIpc) is 3.11. The third-order valence-electron chi connectivity index (χ3n) is 6.41. The van der Waals surface area contributed by atoms with Crippen LogP contribution < -0.4 is 11.0 Å². The second kappa shape index (κ2) is 9.47. The van der Waals surface area contributed by atoms with Gasteiger partial charge in [-0.25, -0.2) is 19.2 Å². The van der Waals surface area contributed by atoms with Crippen molar-refractivity contribution in [3.05, 3.63) is 59.0 Å². The van der Waals surface area contributed by atoms with Crippen molar-refractivity contribution in [2.75, 3.05) is 12.4 Å². The monoisotopic (exact) mass is 453 g/mol. The summed E-state index contributed by atoms with van der Waals surface area (Å²) in [6.07, 6.45) is 8.06. The van der Waals surface area contributed by atoms with Crippen LogP contribution in [-0.2, 0) is 11.3 Å². The molecule has 4 rings (SSSR count). The summed E-state index contributed by atoms with van der Waals surface area (Å²) in [5.74, 6) is 0.954. The predicted octanol–water partition coefficient (Wildman–Crippen LogP) is 4.65. The van der Waals surface area contributed by atoms with Gasteiger partial charge in [-0.05, 0) is 75.8 Å². The molecule has 0 amide bonds. The molecular formula is C25H32FN5O2. The van der Waals surface area contributed by atoms with Gasteiger partial charge >= 0.3 is 5.69 Å². The molecule has 1 fully saturated rings. The number of ether oxygens (including phenoxy) is 1. The zero-order chi connectivity index (χ0) is 23.6. The molecule has 0 aliphatic heterocycles. The molecule has 33 heavy (non-hydrogen) atoms. The number of halogens is 1. The van der Waals surface area contributed by atoms with E-state index >= 15 is 0 Å². The van der Waals surface area contributed by atoms with E-state index in [1.54, 1.807) is 46.8 Å². The molecule has 0 bridgehead atoms. The van der Waals surface area contributed by atoms with Crippen LogP contribution >= 0.6 is 0 Å². The van der Waals surface area contributed by atoms with Gasteiger partial charge in [-0.3, -0.25) is 9.13 Å². The lowest BCUT2D eigenvalue weighted by molar-refractivity contribution is 0.00739. The number of aromatic nitrogens is 4. The summed E-state index contributed by atoms with van der Waals surface area (Å²) in [5.41, 5.74) is 1.02. The first-order valence-electron chi connectivity index (χ1n) is 11.5. The van der Waals surface area contributed by atoms with Gasteiger partial charge < -0.3 is 10.1 Å². The molecule has 1 N–H and O–H groups in total. The molecule has 7 nitrogen and oxygen atoms in total. The smallest absolute Gasteiger partial charge is 0.333 e. The fraction of sp³-hybridized carbons (Fsp3) is 0.480. The highest BCUT2D eigenvalue weighted by Crippen LogP contribution is 2.26. The van der Waals surface area contributed by atoms with E-state index in [9.17, 15) is 9.18 Å². The molecule has 0 unspecified atom stereocenters. The largest absolute Gasteiger partial charge is 0.377 e. The summed E-state index contributed by atoms with van der Waals surface area (Å²) in [6, 6.07) is 8.01. The minimum absolute atomic E-state index is 0.240. The second-order valence-electron chi connectivity index (χ2n) is 9.57. The molecule has 0 spiro atoms. The van der Waals surface area contributed by atoms with Crippen molar-refractivity contribution in [2.24, 2.45) is 5.92 Å². The minimum Gasteiger partial charge on any atom is -0.377 e. The molecule has 3 aromatic rings. The Morgan fingerprint density at radius 1 is 1.15 bits per heavy atom. The molecule has 8 heteroatoms. The van der Waals surface area contributed by atoms with Crippen LogP contribution in [0.25, 0.3) is 17.1 Å². The highest BCUT2D eigenvalue weighted by molar-refractivity contribution is 5.59. The topological polar surface area (TPSA) is 74.0 Å². The van der Waals surface area contributed by atoms with Crippen LogP contribution in [0, 0.1) is 11.7 Å². The van der Waals surface area contributed by atoms with Crippen molar-refractivity contribution in [1.82, 2.24) is 19.1 Å². The fourth-order valence-electron chi connectivity index (χ4n) is 4.26. The van der Waals surface area contributed by atoms with E-state index in [0.717, 1.165) is 18.8 Å². The quantitative estimate of drug-likeness (QED) is 0.564. The van der Waals surface area contributed by atoms with Crippen LogP contribution in [0.1, 0.15) is 46.5 Å². The third-order valence-corrected chi connectivity index (χ3v) is 6.41. The van der Waals surface area contributed by atoms with Crippen LogP contribution in [0.4, 0.5) is 10.3 Å². The van der Waals surface area contributed by atoms with Crippen LogP contribution in [0.15, 0.2) is 47.5 Å². The van der Waals surface area contributed by atoms with Crippen LogP contribution in [0.2, 0.25) is 0 Å². The van der Waals surface area contributed by atoms with Gasteiger partial charge in [0.05, 0.1) is 29.2 Å². The summed E-state index contributed by atoms with van der Waals surface area (Å²) < 4.78 is 22.3. The number of imidazole rings is 1. The Labute approximate surface area is 193 Å². The van der Waals surface area contributed by atoms with Gasteiger partial charge in [0.25, 0.3) is 0 Å². The van der Waals surface area contributed by atoms with Gasteiger partial charge in [0.1, 0.15) is 5.82 Å². The lowest BCUT2D eigenvalue weighted by Crippen LogP contribution is -2.34. The summed E-state index contributed by atoms with van der Waals surface area (Å²) in [6.45, 7) is 6.50. The van der Waals surface area contributed by atoms with Crippen molar-refractivity contribution in [2.45, 2.75) is 64.6 Å². The summed E-state index contributed by atoms with van der Waals surface area (Å²) in [7, 11) is 1.62. The maximum absolute atomic E-state index is 13.6. The standard InChI is InChI=1S/C25H32FN5O2/c1-17-5-9-19(10-6-17)28-23-27-14-13-21(29-23)22-15-30(16-25(2,3)33-4)24(32)31(22)20-11-7-18(26)8-12-20/h7-8,11-15,17,19H,5-6,9-10,16H2,1-4H3,(H,27,28,29). The van der Waals surface area contributed by atoms with Crippen molar-refractivity contribution in [3.8, 4) is 17.1 Å². The first-order valence-corrected chi connectivity index (χ1v) is 11.5. The fourth-order valence-corrected chi connectivity index (χ4v) is 4.26. The van der Waals surface area contributed by atoms with Gasteiger partial charge in [-0.15, -0.1) is 0 Å². The maximum atomic E-state index is 13.6. The van der Waals surface area contributed by atoms with Crippen molar-refractivity contribution >= 4 is 5.95 Å². The highest BCUT2D eigenvalue weighted by atomic mass is 19.1. The molecule has 1 aliphatic rings. The molecule has 176 valence electrons. The summed E-state index contributed by atoms with van der Waals surface area (Å²) in [5, 5.41) is 3.46. The van der Waals surface area contributed by atoms with E-state index in [0.29, 0.717) is 35.6 Å². The Kier molecular flexibility index (Phi) is 6.65. The Balaban J connectivity index is 1.73. The number of anilines is 1. The van der Waals surface area contributed by atoms with Crippen molar-refractivity contribution in [1.29, 1.82) is 0 Å². The van der Waals surface area contributed by atoms with Crippen LogP contribution in [-0.4, -0.2) is 37.9 Å². The Morgan fingerprint density at radius 3 is 2.52 bits per heavy atom. The molecule has 2 heterocycles. The number of rotatable bonds is 7. The van der Waals surface area contributed by atoms with Gasteiger partial charge in [0.15, 0.2) is 0 Å². The molecular weight excluding hydrogens is 421 g/mol. The van der Waals surface area contributed by atoms with Crippen molar-refractivity contribution in [3.63, 3.8) is 0 Å². The SMILES string of the molecule is COC(C)(C)Cn1cc(-c2ccnc(NC3CCC(C)CC3)n2)n(-c2ccc(F)cc2)c1=O. The minimum atomic E-state index is -0.535. The molecule has 0 saturated heterocycles. The highest BCUT2D eigenvalue weighted by Gasteiger charge is 2.23. The lowest BCUT2D eigenvalue weighted by atomic mass is 9.87. The number of nitrogens with zero attached hydrogens (tertiary/aromatic N) is 4. The third kappa shape index (κ3) is 5.33. The number of nitrogens with one attached hydrogen (secondary N) is 1. The average molecular weight is 454 g/mol. The predicted molar refractivity (Wildman–Crippen MR) is 127 cm³/mol. The zero-order valence-electron chi connectivity index (χ0n) is 19.7. The zero-order valence-corrected chi connectivity index (χ0v) is 19.7. The first-order chi connectivity index (χ1) is 15.8. The van der Waals surface area contributed by atoms with E-state index in [1.165, 1.54) is 25.0 Å². The summed E-state index contributed by atoms with van der Waals surface area (Å²) in [4.78, 5) is 22.5. The van der Waals surface area contributed by atoms with Crippen molar-refractivity contribution < 1.29 is 9.13 Å². The van der Waals surface area contributed by atoms with Crippen LogP contribution in [0.5, 0.6) is 0 Å². The van der Waals surface area contributed by atoms with Gasteiger partial charge in [0, 0.05) is 25.5 Å². The molecule has 1 saturated carbocycles. The van der Waals surface area contributed by atoms with Crippen LogP contribution in [0.3, 0.4) is 0 Å². The number of hydrogen-bond donors (Lipinski definition) is 1. The Morgan fingerprint density at radius 2 is 1.85 bits per heavy atom. The molecule has 1 aliphatic carbocycles. The van der Waals surface area contributed by atoms with Gasteiger partial charge in [-0.2, -0.15) is 0 Å². The lowest BCUT2D eigenvalue weighted by Gasteiger charge is -2.26. The molecule has 2 aromatic heterocycles. The number of hydrogen-bond acceptors (Lipinski definition) is 5. The van der Waals surface area contributed by atoms with E-state index in [2.05, 4.69) is 17.2 Å². The molecule has 0 atom stereocenters. The number of methoxy groups -OCH3 is 1. The Bertz CT molecular complexity index is 1140. The van der Waals surface area contributed by atoms with Gasteiger partial charge in [0.2, 0.25) is 5.95 Å². The first kappa shape index (κ1) is 23.2. The molecule has 1 aromatic carbocycles. The normalized spacial score (nSPS) is 18.9. The van der Waals surface area contributed by atoms with E-state index < -0.39 is 5.60 Å². The molecule has 0 radical (unpaired) electrons. The number of benzene rings is 1.